The van der Waals surface area contributed by atoms with Crippen LogP contribution in [0.1, 0.15) is 30.0 Å². The van der Waals surface area contributed by atoms with Gasteiger partial charge in [-0.1, -0.05) is 12.1 Å². The van der Waals surface area contributed by atoms with Crippen molar-refractivity contribution in [1.29, 1.82) is 0 Å². The maximum atomic E-state index is 4.60. The number of hydrogen-bond acceptors (Lipinski definition) is 6. The van der Waals surface area contributed by atoms with Crippen LogP contribution in [-0.2, 0) is 6.54 Å². The monoisotopic (exact) mass is 361 g/mol. The summed E-state index contributed by atoms with van der Waals surface area (Å²) >= 11 is 0. The number of aromatic amines is 1. The lowest BCUT2D eigenvalue weighted by Crippen LogP contribution is -2.15. The molecule has 0 aliphatic heterocycles. The maximum Gasteiger partial charge on any atom is 0.224 e. The molecule has 0 saturated heterocycles. The molecule has 3 N–H and O–H groups in total. The van der Waals surface area contributed by atoms with Crippen LogP contribution in [0.4, 0.5) is 23.3 Å². The molecule has 1 saturated carbocycles. The van der Waals surface area contributed by atoms with E-state index in [4.69, 9.17) is 0 Å². The molecule has 7 nitrogen and oxygen atoms in total. The fourth-order valence-electron chi connectivity index (χ4n) is 2.87. The Morgan fingerprint density at radius 3 is 2.70 bits per heavy atom. The molecular formula is C19H24BN7. The minimum absolute atomic E-state index is 0.595. The first kappa shape index (κ1) is 17.4. The number of anilines is 4. The van der Waals surface area contributed by atoms with Gasteiger partial charge in [0.2, 0.25) is 5.95 Å². The van der Waals surface area contributed by atoms with Crippen molar-refractivity contribution < 1.29 is 0 Å². The average molecular weight is 361 g/mol. The van der Waals surface area contributed by atoms with Gasteiger partial charge in [0.1, 0.15) is 13.7 Å². The van der Waals surface area contributed by atoms with Gasteiger partial charge in [-0.25, -0.2) is 4.98 Å². The highest BCUT2D eigenvalue weighted by atomic mass is 15.2. The first-order valence-corrected chi connectivity index (χ1v) is 9.24. The smallest absolute Gasteiger partial charge is 0.224 e. The van der Waals surface area contributed by atoms with E-state index in [-0.39, 0.29) is 0 Å². The molecule has 4 rings (SSSR count). The van der Waals surface area contributed by atoms with Crippen molar-refractivity contribution in [3.8, 4) is 0 Å². The second kappa shape index (κ2) is 7.30. The van der Waals surface area contributed by atoms with Gasteiger partial charge in [0.05, 0.1) is 0 Å². The van der Waals surface area contributed by atoms with E-state index in [1.54, 1.807) is 0 Å². The molecule has 1 fully saturated rings. The predicted octanol–water partition coefficient (Wildman–Crippen LogP) is 1.76. The molecule has 1 aliphatic rings. The van der Waals surface area contributed by atoms with Crippen molar-refractivity contribution in [1.82, 2.24) is 20.2 Å². The number of rotatable bonds is 7. The van der Waals surface area contributed by atoms with Gasteiger partial charge in [0.25, 0.3) is 0 Å². The molecule has 0 spiro atoms. The molecular weight excluding hydrogens is 337 g/mol. The first-order valence-electron chi connectivity index (χ1n) is 9.24. The Balaban J connectivity index is 1.41. The Hall–Kier alpha value is -3.03. The van der Waals surface area contributed by atoms with Crippen molar-refractivity contribution in [3.63, 3.8) is 0 Å². The average Bonchev–Trinajstić information content (AvgIpc) is 3.42. The van der Waals surface area contributed by atoms with Crippen molar-refractivity contribution in [2.75, 3.05) is 29.6 Å². The second-order valence-corrected chi connectivity index (χ2v) is 7.25. The van der Waals surface area contributed by atoms with E-state index in [0.717, 1.165) is 17.1 Å². The van der Waals surface area contributed by atoms with Crippen LogP contribution in [0.3, 0.4) is 0 Å². The Labute approximate surface area is 160 Å². The zero-order chi connectivity index (χ0) is 18.8. The Morgan fingerprint density at radius 1 is 1.22 bits per heavy atom. The largest absolute Gasteiger partial charge is 0.378 e. The van der Waals surface area contributed by atoms with Gasteiger partial charge in [-0.15, -0.1) is 0 Å². The quantitative estimate of drug-likeness (QED) is 0.557. The minimum Gasteiger partial charge on any atom is -0.378 e. The molecule has 2 heterocycles. The van der Waals surface area contributed by atoms with E-state index in [1.807, 2.05) is 28.1 Å². The third kappa shape index (κ3) is 4.21. The topological polar surface area (TPSA) is 81.8 Å². The summed E-state index contributed by atoms with van der Waals surface area (Å²) in [5.41, 5.74) is 4.54. The van der Waals surface area contributed by atoms with E-state index >= 15 is 0 Å². The number of nitrogens with zero attached hydrogens (tertiary/aromatic N) is 4. The number of nitrogens with one attached hydrogen (secondary N) is 3. The van der Waals surface area contributed by atoms with Crippen LogP contribution >= 0.6 is 0 Å². The molecule has 0 amide bonds. The first-order chi connectivity index (χ1) is 13.1. The zero-order valence-electron chi connectivity index (χ0n) is 16.0. The summed E-state index contributed by atoms with van der Waals surface area (Å²) < 4.78 is 0. The molecule has 0 unspecified atom stereocenters. The second-order valence-electron chi connectivity index (χ2n) is 7.25. The van der Waals surface area contributed by atoms with Gasteiger partial charge in [-0.2, -0.15) is 10.1 Å². The van der Waals surface area contributed by atoms with Crippen LogP contribution in [0.5, 0.6) is 0 Å². The Kier molecular flexibility index (Phi) is 4.70. The molecule has 138 valence electrons. The van der Waals surface area contributed by atoms with Crippen molar-refractivity contribution in [2.45, 2.75) is 25.3 Å². The molecule has 27 heavy (non-hydrogen) atoms. The van der Waals surface area contributed by atoms with E-state index in [9.17, 15) is 0 Å². The van der Waals surface area contributed by atoms with Gasteiger partial charge < -0.3 is 15.5 Å². The molecule has 8 heteroatoms. The van der Waals surface area contributed by atoms with Crippen molar-refractivity contribution in [3.05, 3.63) is 47.8 Å². The summed E-state index contributed by atoms with van der Waals surface area (Å²) in [6.07, 6.45) is 4.32. The summed E-state index contributed by atoms with van der Waals surface area (Å²) in [6, 6.07) is 10.5. The molecule has 0 bridgehead atoms. The van der Waals surface area contributed by atoms with E-state index in [0.29, 0.717) is 18.4 Å². The predicted molar refractivity (Wildman–Crippen MR) is 112 cm³/mol. The highest BCUT2D eigenvalue weighted by Gasteiger charge is 2.25. The SMILES string of the molecule is Bc1cnc(NCc2ccc(N(C)C)cc2)nc1Nc1cc(C2CC2)[nH]n1. The van der Waals surface area contributed by atoms with Crippen molar-refractivity contribution in [2.24, 2.45) is 0 Å². The van der Waals surface area contributed by atoms with E-state index < -0.39 is 0 Å². The molecule has 0 atom stereocenters. The summed E-state index contributed by atoms with van der Waals surface area (Å²) in [5.74, 6) is 2.81. The zero-order valence-corrected chi connectivity index (χ0v) is 16.0. The lowest BCUT2D eigenvalue weighted by molar-refractivity contribution is 0.966. The fraction of sp³-hybridized carbons (Fsp3) is 0.316. The number of aromatic nitrogens is 4. The highest BCUT2D eigenvalue weighted by Crippen LogP contribution is 2.39. The van der Waals surface area contributed by atoms with Crippen LogP contribution in [0.25, 0.3) is 0 Å². The standard InChI is InChI=1S/C19H24BN7/c1-27(2)14-7-3-12(4-8-14)10-21-19-22-11-15(20)18(24-19)23-17-9-16(25-26-17)13-5-6-13/h3-4,7-9,11,13H,5-6,10,20H2,1-2H3,(H3,21,22,23,24,25,26). The normalized spacial score (nSPS) is 13.4. The Bertz CT molecular complexity index is 916. The van der Waals surface area contributed by atoms with Gasteiger partial charge in [-0.3, -0.25) is 5.10 Å². The van der Waals surface area contributed by atoms with E-state index in [1.165, 1.54) is 29.8 Å². The Morgan fingerprint density at radius 2 is 2.00 bits per heavy atom. The highest BCUT2D eigenvalue weighted by molar-refractivity contribution is 6.35. The van der Waals surface area contributed by atoms with Gasteiger partial charge in [0, 0.05) is 50.2 Å². The molecule has 0 radical (unpaired) electrons. The third-order valence-corrected chi connectivity index (χ3v) is 4.74. The lowest BCUT2D eigenvalue weighted by atomic mass is 9.99. The maximum absolute atomic E-state index is 4.60. The van der Waals surface area contributed by atoms with Crippen LogP contribution < -0.4 is 21.0 Å². The van der Waals surface area contributed by atoms with Gasteiger partial charge in [0.15, 0.2) is 5.82 Å². The molecule has 1 aromatic carbocycles. The van der Waals surface area contributed by atoms with Crippen LogP contribution in [0, 0.1) is 0 Å². The number of benzene rings is 1. The van der Waals surface area contributed by atoms with Gasteiger partial charge in [-0.05, 0) is 36.0 Å². The number of hydrogen-bond donors (Lipinski definition) is 3. The lowest BCUT2D eigenvalue weighted by Gasteiger charge is -2.13. The van der Waals surface area contributed by atoms with Crippen LogP contribution in [0.15, 0.2) is 36.5 Å². The summed E-state index contributed by atoms with van der Waals surface area (Å²) in [5, 5.41) is 14.0. The molecule has 3 aromatic rings. The number of H-pyrrole nitrogens is 1. The third-order valence-electron chi connectivity index (χ3n) is 4.74. The van der Waals surface area contributed by atoms with Crippen LogP contribution in [-0.4, -0.2) is 42.1 Å². The fourth-order valence-corrected chi connectivity index (χ4v) is 2.87. The molecule has 1 aliphatic carbocycles. The van der Waals surface area contributed by atoms with E-state index in [2.05, 4.69) is 66.0 Å². The van der Waals surface area contributed by atoms with Crippen LogP contribution in [0.2, 0.25) is 0 Å². The minimum atomic E-state index is 0.595. The summed E-state index contributed by atoms with van der Waals surface area (Å²) in [4.78, 5) is 11.1. The van der Waals surface area contributed by atoms with Crippen molar-refractivity contribution >= 4 is 36.6 Å². The van der Waals surface area contributed by atoms with Gasteiger partial charge >= 0.3 is 0 Å². The summed E-state index contributed by atoms with van der Waals surface area (Å²) in [7, 11) is 6.06. The molecule has 2 aromatic heterocycles. The summed E-state index contributed by atoms with van der Waals surface area (Å²) in [6.45, 7) is 0.671.